The molecular formula is C32H56O. The lowest BCUT2D eigenvalue weighted by Crippen LogP contribution is -2.37. The molecule has 0 fully saturated rings. The van der Waals surface area contributed by atoms with Crippen LogP contribution in [-0.4, -0.2) is 5.60 Å². The fraction of sp³-hybridized carbons (Fsp3) is 0.812. The Morgan fingerprint density at radius 2 is 1.27 bits per heavy atom. The lowest BCUT2D eigenvalue weighted by atomic mass is 9.80. The Morgan fingerprint density at radius 1 is 0.727 bits per heavy atom. The number of fused-ring (bicyclic) bond motifs is 1. The number of hydrogen-bond acceptors (Lipinski definition) is 1. The van der Waals surface area contributed by atoms with Crippen LogP contribution in [0.4, 0.5) is 0 Å². The van der Waals surface area contributed by atoms with E-state index in [2.05, 4.69) is 69.2 Å². The molecule has 0 saturated carbocycles. The first-order valence-electron chi connectivity index (χ1n) is 14.3. The predicted molar refractivity (Wildman–Crippen MR) is 147 cm³/mol. The molecule has 33 heavy (non-hydrogen) atoms. The van der Waals surface area contributed by atoms with Gasteiger partial charge in [0.25, 0.3) is 0 Å². The minimum absolute atomic E-state index is 0.000631. The molecular weight excluding hydrogens is 400 g/mol. The van der Waals surface area contributed by atoms with E-state index in [9.17, 15) is 0 Å². The Labute approximate surface area is 207 Å². The fourth-order valence-electron chi connectivity index (χ4n) is 6.18. The van der Waals surface area contributed by atoms with Crippen LogP contribution in [0.2, 0.25) is 0 Å². The summed E-state index contributed by atoms with van der Waals surface area (Å²) in [5.74, 6) is 4.38. The Morgan fingerprint density at radius 3 is 1.82 bits per heavy atom. The number of hydrogen-bond donors (Lipinski definition) is 0. The standard InChI is InChI=1S/C32H56O/c1-22(2)14-11-15-24(5)16-12-17-25(6)18-13-20-32(10)21-19-29-28(9)30(23(3)4)26(7)27(8)31(29)33-32/h22-25H,11-21H2,1-10H3/t24?,25?,32-/m1/s1. The first-order chi connectivity index (χ1) is 15.4. The number of ether oxygens (including phenoxy) is 1. The van der Waals surface area contributed by atoms with E-state index in [0.29, 0.717) is 5.92 Å². The van der Waals surface area contributed by atoms with Gasteiger partial charge in [-0.1, -0.05) is 86.5 Å². The van der Waals surface area contributed by atoms with Gasteiger partial charge in [-0.15, -0.1) is 0 Å². The molecule has 2 rings (SSSR count). The predicted octanol–water partition coefficient (Wildman–Crippen LogP) is 10.3. The molecule has 0 aromatic heterocycles. The van der Waals surface area contributed by atoms with Gasteiger partial charge in [0.15, 0.2) is 0 Å². The van der Waals surface area contributed by atoms with Gasteiger partial charge in [0.2, 0.25) is 0 Å². The minimum atomic E-state index is 0.000631. The Balaban J connectivity index is 1.80. The van der Waals surface area contributed by atoms with Crippen LogP contribution >= 0.6 is 0 Å². The van der Waals surface area contributed by atoms with Gasteiger partial charge < -0.3 is 4.74 Å². The minimum Gasteiger partial charge on any atom is -0.487 e. The van der Waals surface area contributed by atoms with Gasteiger partial charge in [-0.25, -0.2) is 0 Å². The summed E-state index contributed by atoms with van der Waals surface area (Å²) >= 11 is 0. The van der Waals surface area contributed by atoms with Crippen molar-refractivity contribution in [3.05, 3.63) is 27.8 Å². The molecule has 2 unspecified atom stereocenters. The van der Waals surface area contributed by atoms with E-state index in [1.807, 2.05) is 0 Å². The molecule has 3 atom stereocenters. The van der Waals surface area contributed by atoms with Gasteiger partial charge in [0.1, 0.15) is 11.4 Å². The maximum absolute atomic E-state index is 6.80. The molecule has 0 saturated heterocycles. The highest BCUT2D eigenvalue weighted by atomic mass is 16.5. The van der Waals surface area contributed by atoms with Crippen molar-refractivity contribution in [3.63, 3.8) is 0 Å². The number of benzene rings is 1. The summed E-state index contributed by atoms with van der Waals surface area (Å²) in [6.45, 7) is 23.5. The van der Waals surface area contributed by atoms with Crippen molar-refractivity contribution in [2.75, 3.05) is 0 Å². The lowest BCUT2D eigenvalue weighted by molar-refractivity contribution is 0.0513. The quantitative estimate of drug-likeness (QED) is 0.287. The molecule has 1 aromatic rings. The van der Waals surface area contributed by atoms with Gasteiger partial charge in [-0.2, -0.15) is 0 Å². The summed E-state index contributed by atoms with van der Waals surface area (Å²) < 4.78 is 6.80. The van der Waals surface area contributed by atoms with Gasteiger partial charge >= 0.3 is 0 Å². The molecule has 1 heterocycles. The van der Waals surface area contributed by atoms with E-state index in [4.69, 9.17) is 4.74 Å². The summed E-state index contributed by atoms with van der Waals surface area (Å²) in [5.41, 5.74) is 7.33. The zero-order chi connectivity index (χ0) is 24.8. The summed E-state index contributed by atoms with van der Waals surface area (Å²) in [4.78, 5) is 0. The van der Waals surface area contributed by atoms with Crippen molar-refractivity contribution >= 4 is 0 Å². The van der Waals surface area contributed by atoms with E-state index >= 15 is 0 Å². The van der Waals surface area contributed by atoms with Crippen molar-refractivity contribution in [3.8, 4) is 5.75 Å². The van der Waals surface area contributed by atoms with E-state index in [1.54, 1.807) is 5.56 Å². The highest BCUT2D eigenvalue weighted by Crippen LogP contribution is 2.44. The monoisotopic (exact) mass is 456 g/mol. The second kappa shape index (κ2) is 12.6. The van der Waals surface area contributed by atoms with Gasteiger partial charge in [0.05, 0.1) is 0 Å². The molecule has 0 bridgehead atoms. The summed E-state index contributed by atoms with van der Waals surface area (Å²) in [7, 11) is 0. The van der Waals surface area contributed by atoms with Crippen molar-refractivity contribution in [1.82, 2.24) is 0 Å². The summed E-state index contributed by atoms with van der Waals surface area (Å²) in [6.07, 6.45) is 14.6. The highest BCUT2D eigenvalue weighted by molar-refractivity contribution is 5.56. The molecule has 0 radical (unpaired) electrons. The molecule has 0 N–H and O–H groups in total. The second-order valence-electron chi connectivity index (χ2n) is 12.7. The van der Waals surface area contributed by atoms with Crippen LogP contribution in [0.3, 0.4) is 0 Å². The second-order valence-corrected chi connectivity index (χ2v) is 12.7. The van der Waals surface area contributed by atoms with Crippen LogP contribution in [0.25, 0.3) is 0 Å². The van der Waals surface area contributed by atoms with Crippen molar-refractivity contribution < 1.29 is 4.74 Å². The first kappa shape index (κ1) is 28.3. The molecule has 0 spiro atoms. The number of rotatable bonds is 13. The SMILES string of the molecule is Cc1c(C)c(C(C)C)c(C)c2c1O[C@](C)(CCCC(C)CCCC(C)CCCC(C)C)CC2. The third kappa shape index (κ3) is 8.03. The van der Waals surface area contributed by atoms with Crippen LogP contribution < -0.4 is 4.74 Å². The maximum atomic E-state index is 6.80. The van der Waals surface area contributed by atoms with Gasteiger partial charge in [-0.05, 0) is 105 Å². The Bertz CT molecular complexity index is 744. The maximum Gasteiger partial charge on any atom is 0.126 e. The summed E-state index contributed by atoms with van der Waals surface area (Å²) in [6, 6.07) is 0. The molecule has 1 nitrogen and oxygen atoms in total. The van der Waals surface area contributed by atoms with Crippen LogP contribution in [0, 0.1) is 38.5 Å². The van der Waals surface area contributed by atoms with E-state index in [-0.39, 0.29) is 5.60 Å². The Kier molecular flexibility index (Phi) is 10.8. The normalized spacial score (nSPS) is 20.1. The average molecular weight is 457 g/mol. The fourth-order valence-corrected chi connectivity index (χ4v) is 6.18. The van der Waals surface area contributed by atoms with E-state index < -0.39 is 0 Å². The highest BCUT2D eigenvalue weighted by Gasteiger charge is 2.34. The molecule has 1 aliphatic heterocycles. The topological polar surface area (TPSA) is 9.23 Å². The zero-order valence-electron chi connectivity index (χ0n) is 24.0. The lowest BCUT2D eigenvalue weighted by Gasteiger charge is -2.39. The third-order valence-electron chi connectivity index (χ3n) is 8.54. The molecule has 190 valence electrons. The Hall–Kier alpha value is -0.980. The molecule has 1 heteroatoms. The van der Waals surface area contributed by atoms with E-state index in [0.717, 1.165) is 24.2 Å². The van der Waals surface area contributed by atoms with E-state index in [1.165, 1.54) is 92.2 Å². The zero-order valence-corrected chi connectivity index (χ0v) is 24.0. The van der Waals surface area contributed by atoms with Crippen molar-refractivity contribution in [2.24, 2.45) is 17.8 Å². The molecule has 0 amide bonds. The van der Waals surface area contributed by atoms with Crippen molar-refractivity contribution in [1.29, 1.82) is 0 Å². The largest absolute Gasteiger partial charge is 0.487 e. The summed E-state index contributed by atoms with van der Waals surface area (Å²) in [5, 5.41) is 0. The van der Waals surface area contributed by atoms with Crippen LogP contribution in [0.15, 0.2) is 0 Å². The molecule has 0 aliphatic carbocycles. The third-order valence-corrected chi connectivity index (χ3v) is 8.54. The van der Waals surface area contributed by atoms with Crippen LogP contribution in [0.5, 0.6) is 5.75 Å². The van der Waals surface area contributed by atoms with Crippen LogP contribution in [-0.2, 0) is 6.42 Å². The smallest absolute Gasteiger partial charge is 0.126 e. The molecule has 1 aliphatic rings. The average Bonchev–Trinajstić information content (AvgIpc) is 2.71. The van der Waals surface area contributed by atoms with Crippen LogP contribution in [0.1, 0.15) is 146 Å². The first-order valence-corrected chi connectivity index (χ1v) is 14.3. The van der Waals surface area contributed by atoms with Gasteiger partial charge in [-0.3, -0.25) is 0 Å². The van der Waals surface area contributed by atoms with Crippen molar-refractivity contribution in [2.45, 2.75) is 151 Å². The van der Waals surface area contributed by atoms with Gasteiger partial charge in [0, 0.05) is 0 Å². The molecule has 1 aromatic carbocycles.